The molecule has 0 aliphatic carbocycles. The number of aromatic amines is 1. The van der Waals surface area contributed by atoms with Crippen molar-refractivity contribution >= 4 is 41.0 Å². The molecule has 2 heterocycles. The van der Waals surface area contributed by atoms with Gasteiger partial charge in [-0.05, 0) is 37.1 Å². The Hall–Kier alpha value is -2.29. The molecule has 1 aliphatic heterocycles. The van der Waals surface area contributed by atoms with Gasteiger partial charge in [0, 0.05) is 37.4 Å². The van der Waals surface area contributed by atoms with Crippen LogP contribution in [0.25, 0.3) is 0 Å². The zero-order valence-electron chi connectivity index (χ0n) is 19.7. The predicted octanol–water partition coefficient (Wildman–Crippen LogP) is -8.92. The van der Waals surface area contributed by atoms with E-state index in [0.717, 1.165) is 0 Å². The Labute approximate surface area is 244 Å². The largest absolute Gasteiger partial charge is 1.00 e. The molecule has 0 saturated carbocycles. The molecule has 1 aliphatic rings. The molecular formula is C20H23N7Na2O6. The summed E-state index contributed by atoms with van der Waals surface area (Å²) in [6.45, 7) is 0.984. The number of carboxylic acid groups (broad SMARTS) is 2. The van der Waals surface area contributed by atoms with Crippen LogP contribution >= 0.6 is 0 Å². The fraction of sp³-hybridized carbons (Fsp3) is 0.350. The normalized spacial score (nSPS) is 14.8. The average molecular weight is 503 g/mol. The molecule has 0 bridgehead atoms. The van der Waals surface area contributed by atoms with E-state index in [9.17, 15) is 29.4 Å². The van der Waals surface area contributed by atoms with E-state index in [0.29, 0.717) is 30.3 Å². The molecule has 0 radical (unpaired) electrons. The molecule has 0 saturated heterocycles. The van der Waals surface area contributed by atoms with Crippen molar-refractivity contribution in [3.05, 3.63) is 40.2 Å². The van der Waals surface area contributed by atoms with E-state index in [2.05, 4.69) is 25.9 Å². The van der Waals surface area contributed by atoms with Gasteiger partial charge in [-0.1, -0.05) is 0 Å². The van der Waals surface area contributed by atoms with Crippen molar-refractivity contribution in [3.63, 3.8) is 0 Å². The molecule has 2 atom stereocenters. The average Bonchev–Trinajstić information content (AvgIpc) is 2.75. The van der Waals surface area contributed by atoms with Crippen molar-refractivity contribution < 1.29 is 83.7 Å². The summed E-state index contributed by atoms with van der Waals surface area (Å²) in [5, 5.41) is 30.2. The van der Waals surface area contributed by atoms with E-state index in [1.807, 2.05) is 0 Å². The first-order valence-electron chi connectivity index (χ1n) is 10.1. The number of fused-ring (bicyclic) bond motifs is 1. The van der Waals surface area contributed by atoms with E-state index in [1.165, 1.54) is 12.1 Å². The predicted molar refractivity (Wildman–Crippen MR) is 115 cm³/mol. The Balaban J connectivity index is 0.00000306. The van der Waals surface area contributed by atoms with Crippen LogP contribution < -0.4 is 101 Å². The fourth-order valence-electron chi connectivity index (χ4n) is 3.41. The van der Waals surface area contributed by atoms with Crippen LogP contribution in [0.4, 0.5) is 23.1 Å². The number of benzene rings is 1. The van der Waals surface area contributed by atoms with Gasteiger partial charge in [0.2, 0.25) is 5.95 Å². The number of hydrogen-bond donors (Lipinski definition) is 5. The maximum absolute atomic E-state index is 12.3. The number of aromatic nitrogens is 2. The van der Waals surface area contributed by atoms with Gasteiger partial charge in [0.25, 0.3) is 11.5 Å². The number of hydrogen-bond acceptors (Lipinski definition) is 11. The first kappa shape index (κ1) is 30.7. The summed E-state index contributed by atoms with van der Waals surface area (Å²) < 4.78 is 0. The summed E-state index contributed by atoms with van der Waals surface area (Å²) in [7, 11) is 1.78. The number of H-pyrrole nitrogens is 1. The summed E-state index contributed by atoms with van der Waals surface area (Å²) in [5.41, 5.74) is 6.51. The second-order valence-corrected chi connectivity index (χ2v) is 7.51. The molecule has 6 N–H and O–H groups in total. The quantitative estimate of drug-likeness (QED) is 0.203. The number of carboxylic acids is 2. The molecule has 35 heavy (non-hydrogen) atoms. The molecule has 3 rings (SSSR count). The van der Waals surface area contributed by atoms with Crippen molar-refractivity contribution in [1.82, 2.24) is 15.3 Å². The minimum Gasteiger partial charge on any atom is -0.550 e. The van der Waals surface area contributed by atoms with E-state index in [1.54, 1.807) is 24.1 Å². The van der Waals surface area contributed by atoms with Gasteiger partial charge in [-0.2, -0.15) is 4.98 Å². The molecular weight excluding hydrogens is 480 g/mol. The SMILES string of the molecule is CN1c2c(nc(N)[nH]c2=O)NC[C@@H]1CNc1ccc(C(=O)N[C@@H](CCC(=O)[O-])C(=O)[O-])cc1.[Na+].[Na+]. The minimum atomic E-state index is -1.58. The molecule has 0 fully saturated rings. The number of carbonyl (C=O) groups is 3. The number of anilines is 4. The topological polar surface area (TPSA) is 208 Å². The van der Waals surface area contributed by atoms with E-state index in [4.69, 9.17) is 5.73 Å². The first-order chi connectivity index (χ1) is 15.7. The third kappa shape index (κ3) is 8.12. The number of nitrogens with two attached hydrogens (primary N) is 1. The van der Waals surface area contributed by atoms with Crippen LogP contribution in [0.2, 0.25) is 0 Å². The van der Waals surface area contributed by atoms with Gasteiger partial charge in [-0.15, -0.1) is 0 Å². The minimum absolute atomic E-state index is 0. The number of nitrogen functional groups attached to an aromatic ring is 1. The van der Waals surface area contributed by atoms with Crippen LogP contribution in [-0.2, 0) is 9.59 Å². The summed E-state index contributed by atoms with van der Waals surface area (Å²) in [6, 6.07) is 4.75. The summed E-state index contributed by atoms with van der Waals surface area (Å²) in [5.74, 6) is -3.22. The molecule has 176 valence electrons. The van der Waals surface area contributed by atoms with Gasteiger partial charge in [0.1, 0.15) is 5.69 Å². The van der Waals surface area contributed by atoms with Crippen LogP contribution in [-0.4, -0.2) is 60.0 Å². The number of likely N-dealkylation sites (N-methyl/N-ethyl adjacent to an activating group) is 1. The zero-order valence-corrected chi connectivity index (χ0v) is 23.7. The number of carbonyl (C=O) groups excluding carboxylic acids is 3. The molecule has 1 amide bonds. The Bertz CT molecular complexity index is 1110. The van der Waals surface area contributed by atoms with Gasteiger partial charge >= 0.3 is 59.1 Å². The second kappa shape index (κ2) is 13.7. The molecule has 1 aromatic carbocycles. The van der Waals surface area contributed by atoms with Crippen LogP contribution in [0.15, 0.2) is 29.1 Å². The summed E-state index contributed by atoms with van der Waals surface area (Å²) >= 11 is 0. The van der Waals surface area contributed by atoms with Gasteiger partial charge in [0.05, 0.1) is 18.1 Å². The standard InChI is InChI=1S/C20H25N7O6.2Na/c1-27-12(9-23-16-15(27)18(31)26-20(21)25-16)8-22-11-4-2-10(3-5-11)17(30)24-13(19(32)33)6-7-14(28)29;;/h2-5,12-13,22H,6-9H2,1H3,(H,24,30)(H,28,29)(H,32,33)(H4,21,23,25,26,31);;/q;2*+1/p-2/t12-,13-;;/m0../s1. The maximum atomic E-state index is 12.3. The summed E-state index contributed by atoms with van der Waals surface area (Å²) in [6.07, 6.45) is -0.862. The van der Waals surface area contributed by atoms with Crippen LogP contribution in [0.3, 0.4) is 0 Å². The molecule has 13 nitrogen and oxygen atoms in total. The van der Waals surface area contributed by atoms with Crippen LogP contribution in [0.5, 0.6) is 0 Å². The molecule has 0 spiro atoms. The molecule has 0 unspecified atom stereocenters. The Morgan fingerprint density at radius 1 is 1.23 bits per heavy atom. The van der Waals surface area contributed by atoms with Crippen molar-refractivity contribution in [2.45, 2.75) is 24.9 Å². The zero-order chi connectivity index (χ0) is 24.1. The van der Waals surface area contributed by atoms with Crippen molar-refractivity contribution in [2.24, 2.45) is 0 Å². The number of aliphatic carboxylic acids is 2. The van der Waals surface area contributed by atoms with Gasteiger partial charge in [0.15, 0.2) is 5.82 Å². The third-order valence-corrected chi connectivity index (χ3v) is 5.23. The van der Waals surface area contributed by atoms with Gasteiger partial charge in [-0.3, -0.25) is 14.6 Å². The molecule has 2 aromatic rings. The van der Waals surface area contributed by atoms with E-state index >= 15 is 0 Å². The number of nitrogens with zero attached hydrogens (tertiary/aromatic N) is 2. The van der Waals surface area contributed by atoms with E-state index < -0.39 is 30.3 Å². The summed E-state index contributed by atoms with van der Waals surface area (Å²) in [4.78, 5) is 54.5. The Morgan fingerprint density at radius 2 is 1.89 bits per heavy atom. The number of rotatable bonds is 9. The van der Waals surface area contributed by atoms with Gasteiger partial charge < -0.3 is 46.4 Å². The maximum Gasteiger partial charge on any atom is 1.00 e. The Kier molecular flexibility index (Phi) is 12.0. The van der Waals surface area contributed by atoms with Crippen LogP contribution in [0.1, 0.15) is 23.2 Å². The Morgan fingerprint density at radius 3 is 2.49 bits per heavy atom. The first-order valence-corrected chi connectivity index (χ1v) is 10.1. The van der Waals surface area contributed by atoms with Crippen molar-refractivity contribution in [3.8, 4) is 0 Å². The third-order valence-electron chi connectivity index (χ3n) is 5.23. The van der Waals surface area contributed by atoms with Gasteiger partial charge in [-0.25, -0.2) is 0 Å². The second-order valence-electron chi connectivity index (χ2n) is 7.51. The fourth-order valence-corrected chi connectivity index (χ4v) is 3.41. The monoisotopic (exact) mass is 503 g/mol. The number of amides is 1. The molecule has 1 aromatic heterocycles. The number of nitrogens with one attached hydrogen (secondary N) is 4. The molecule has 15 heteroatoms. The van der Waals surface area contributed by atoms with Crippen molar-refractivity contribution in [1.29, 1.82) is 0 Å². The van der Waals surface area contributed by atoms with Crippen LogP contribution in [0, 0.1) is 0 Å². The smallest absolute Gasteiger partial charge is 0.550 e. The van der Waals surface area contributed by atoms with Crippen molar-refractivity contribution in [2.75, 3.05) is 41.4 Å². The van der Waals surface area contributed by atoms with E-state index in [-0.39, 0.29) is 88.6 Å².